The molecule has 0 aliphatic carbocycles. The van der Waals surface area contributed by atoms with Crippen LogP contribution in [-0.4, -0.2) is 25.9 Å². The van der Waals surface area contributed by atoms with E-state index in [4.69, 9.17) is 0 Å². The number of aromatic nitrogens is 1. The summed E-state index contributed by atoms with van der Waals surface area (Å²) in [4.78, 5) is 16.5. The van der Waals surface area contributed by atoms with E-state index in [9.17, 15) is 17.6 Å². The molecule has 2 aromatic carbocycles. The van der Waals surface area contributed by atoms with Gasteiger partial charge in [0.2, 0.25) is 0 Å². The number of aryl methyl sites for hydroxylation is 1. The van der Waals surface area contributed by atoms with Gasteiger partial charge in [-0.3, -0.25) is 9.78 Å². The fourth-order valence-electron chi connectivity index (χ4n) is 2.78. The summed E-state index contributed by atoms with van der Waals surface area (Å²) >= 11 is 0. The first-order valence-corrected chi connectivity index (χ1v) is 10.2. The molecule has 1 N–H and O–H groups in total. The molecule has 0 saturated carbocycles. The minimum atomic E-state index is -3.79. The molecule has 5 nitrogen and oxygen atoms in total. The van der Waals surface area contributed by atoms with Crippen LogP contribution in [0.2, 0.25) is 0 Å². The summed E-state index contributed by atoms with van der Waals surface area (Å²) in [5.41, 5.74) is 1.52. The zero-order valence-electron chi connectivity index (χ0n) is 15.2. The number of nitrogens with zero attached hydrogens (tertiary/aromatic N) is 1. The zero-order chi connectivity index (χ0) is 20.1. The number of carbonyl (C=O) groups excluding carboxylic acids is 1. The van der Waals surface area contributed by atoms with Gasteiger partial charge in [0, 0.05) is 24.5 Å². The number of hydrogen-bond acceptors (Lipinski definition) is 4. The standard InChI is InChI=1S/C21H19FN2O3S/c1-15-7-9-19(10-8-15)28(26,27)20(17-5-3-11-23-13-17)14-24-21(25)16-4-2-6-18(22)12-16/h2-13,20H,14H2,1H3,(H,24,25). The highest BCUT2D eigenvalue weighted by Crippen LogP contribution is 2.28. The van der Waals surface area contributed by atoms with Gasteiger partial charge >= 0.3 is 0 Å². The van der Waals surface area contributed by atoms with E-state index in [-0.39, 0.29) is 17.0 Å². The maximum Gasteiger partial charge on any atom is 0.251 e. The van der Waals surface area contributed by atoms with Crippen LogP contribution in [-0.2, 0) is 9.84 Å². The second-order valence-corrected chi connectivity index (χ2v) is 8.48. The molecule has 1 unspecified atom stereocenters. The summed E-state index contributed by atoms with van der Waals surface area (Å²) in [5.74, 6) is -1.09. The molecule has 0 bridgehead atoms. The lowest BCUT2D eigenvalue weighted by atomic mass is 10.2. The van der Waals surface area contributed by atoms with Crippen molar-refractivity contribution in [3.05, 3.63) is 95.6 Å². The molecular formula is C21H19FN2O3S. The van der Waals surface area contributed by atoms with E-state index in [1.807, 2.05) is 6.92 Å². The van der Waals surface area contributed by atoms with Gasteiger partial charge in [-0.1, -0.05) is 29.8 Å². The molecular weight excluding hydrogens is 379 g/mol. The van der Waals surface area contributed by atoms with Gasteiger partial charge in [0.05, 0.1) is 4.90 Å². The number of sulfone groups is 1. The highest BCUT2D eigenvalue weighted by molar-refractivity contribution is 7.91. The van der Waals surface area contributed by atoms with Gasteiger partial charge < -0.3 is 5.32 Å². The van der Waals surface area contributed by atoms with Gasteiger partial charge in [-0.2, -0.15) is 0 Å². The third-order valence-corrected chi connectivity index (χ3v) is 6.43. The number of pyridine rings is 1. The third kappa shape index (κ3) is 4.43. The van der Waals surface area contributed by atoms with Gasteiger partial charge in [0.25, 0.3) is 5.91 Å². The van der Waals surface area contributed by atoms with Gasteiger partial charge in [-0.15, -0.1) is 0 Å². The lowest BCUT2D eigenvalue weighted by Gasteiger charge is -2.19. The summed E-state index contributed by atoms with van der Waals surface area (Å²) in [6, 6.07) is 15.0. The molecule has 144 valence electrons. The Morgan fingerprint density at radius 3 is 2.50 bits per heavy atom. The Hall–Kier alpha value is -3.06. The van der Waals surface area contributed by atoms with Crippen LogP contribution in [0.5, 0.6) is 0 Å². The molecule has 1 atom stereocenters. The van der Waals surface area contributed by atoms with Crippen molar-refractivity contribution in [1.29, 1.82) is 0 Å². The zero-order valence-corrected chi connectivity index (χ0v) is 16.0. The first-order valence-electron chi connectivity index (χ1n) is 8.62. The van der Waals surface area contributed by atoms with Gasteiger partial charge in [-0.25, -0.2) is 12.8 Å². The van der Waals surface area contributed by atoms with Crippen LogP contribution < -0.4 is 5.32 Å². The first kappa shape index (κ1) is 19.7. The predicted molar refractivity (Wildman–Crippen MR) is 104 cm³/mol. The van der Waals surface area contributed by atoms with Crippen LogP contribution in [0.3, 0.4) is 0 Å². The summed E-state index contributed by atoms with van der Waals surface area (Å²) in [5, 5.41) is 1.57. The Bertz CT molecular complexity index is 1070. The summed E-state index contributed by atoms with van der Waals surface area (Å²) < 4.78 is 39.8. The minimum Gasteiger partial charge on any atom is -0.350 e. The Morgan fingerprint density at radius 2 is 1.86 bits per heavy atom. The Kier molecular flexibility index (Phi) is 5.84. The molecule has 0 aliphatic heterocycles. The summed E-state index contributed by atoms with van der Waals surface area (Å²) in [6.07, 6.45) is 3.01. The van der Waals surface area contributed by atoms with Crippen molar-refractivity contribution in [2.45, 2.75) is 17.1 Å². The van der Waals surface area contributed by atoms with Crippen LogP contribution in [0.25, 0.3) is 0 Å². The molecule has 1 aromatic heterocycles. The second-order valence-electron chi connectivity index (χ2n) is 6.35. The molecule has 3 rings (SSSR count). The van der Waals surface area contributed by atoms with Crippen molar-refractivity contribution in [1.82, 2.24) is 10.3 Å². The van der Waals surface area contributed by atoms with Crippen LogP contribution >= 0.6 is 0 Å². The van der Waals surface area contributed by atoms with E-state index in [2.05, 4.69) is 10.3 Å². The molecule has 0 saturated heterocycles. The summed E-state index contributed by atoms with van der Waals surface area (Å²) in [6.45, 7) is 1.70. The molecule has 0 spiro atoms. The fourth-order valence-corrected chi connectivity index (χ4v) is 4.43. The second kappa shape index (κ2) is 8.31. The normalized spacial score (nSPS) is 12.4. The molecule has 0 radical (unpaired) electrons. The molecule has 7 heteroatoms. The number of halogens is 1. The van der Waals surface area contributed by atoms with Crippen LogP contribution in [0.1, 0.15) is 26.7 Å². The number of hydrogen-bond donors (Lipinski definition) is 1. The highest BCUT2D eigenvalue weighted by atomic mass is 32.2. The van der Waals surface area contributed by atoms with Gasteiger partial charge in [0.1, 0.15) is 11.1 Å². The SMILES string of the molecule is Cc1ccc(S(=O)(=O)C(CNC(=O)c2cccc(F)c2)c2cccnc2)cc1. The van der Waals surface area contributed by atoms with Crippen LogP contribution in [0.4, 0.5) is 4.39 Å². The largest absolute Gasteiger partial charge is 0.350 e. The maximum absolute atomic E-state index is 13.4. The number of carbonyl (C=O) groups is 1. The Balaban J connectivity index is 1.90. The maximum atomic E-state index is 13.4. The van der Waals surface area contributed by atoms with Crippen molar-refractivity contribution >= 4 is 15.7 Å². The van der Waals surface area contributed by atoms with Crippen molar-refractivity contribution in [3.8, 4) is 0 Å². The van der Waals surface area contributed by atoms with Crippen molar-refractivity contribution in [2.75, 3.05) is 6.54 Å². The number of benzene rings is 2. The van der Waals surface area contributed by atoms with Crippen LogP contribution in [0.15, 0.2) is 78.0 Å². The van der Waals surface area contributed by atoms with E-state index in [0.29, 0.717) is 5.56 Å². The molecule has 0 aliphatic rings. The molecule has 3 aromatic rings. The monoisotopic (exact) mass is 398 g/mol. The smallest absolute Gasteiger partial charge is 0.251 e. The molecule has 1 heterocycles. The molecule has 1 amide bonds. The van der Waals surface area contributed by atoms with E-state index in [1.165, 1.54) is 24.4 Å². The quantitative estimate of drug-likeness (QED) is 0.690. The fraction of sp³-hybridized carbons (Fsp3) is 0.143. The van der Waals surface area contributed by atoms with E-state index < -0.39 is 26.8 Å². The predicted octanol–water partition coefficient (Wildman–Crippen LogP) is 3.47. The lowest BCUT2D eigenvalue weighted by molar-refractivity contribution is 0.0953. The Labute approximate surface area is 163 Å². The van der Waals surface area contributed by atoms with E-state index in [1.54, 1.807) is 42.6 Å². The van der Waals surface area contributed by atoms with Gasteiger partial charge in [-0.05, 0) is 48.9 Å². The topological polar surface area (TPSA) is 76.1 Å². The van der Waals surface area contributed by atoms with Gasteiger partial charge in [0.15, 0.2) is 9.84 Å². The van der Waals surface area contributed by atoms with Crippen molar-refractivity contribution in [2.24, 2.45) is 0 Å². The highest BCUT2D eigenvalue weighted by Gasteiger charge is 2.30. The summed E-state index contributed by atoms with van der Waals surface area (Å²) in [7, 11) is -3.79. The third-order valence-electron chi connectivity index (χ3n) is 4.32. The van der Waals surface area contributed by atoms with E-state index >= 15 is 0 Å². The van der Waals surface area contributed by atoms with Crippen molar-refractivity contribution < 1.29 is 17.6 Å². The van der Waals surface area contributed by atoms with E-state index in [0.717, 1.165) is 11.6 Å². The van der Waals surface area contributed by atoms with Crippen LogP contribution in [0, 0.1) is 12.7 Å². The number of amides is 1. The minimum absolute atomic E-state index is 0.123. The lowest BCUT2D eigenvalue weighted by Crippen LogP contribution is -2.32. The number of nitrogens with one attached hydrogen (secondary N) is 1. The average molecular weight is 398 g/mol. The average Bonchev–Trinajstić information content (AvgIpc) is 2.69. The Morgan fingerprint density at radius 1 is 1.11 bits per heavy atom. The first-order chi connectivity index (χ1) is 13.4. The molecule has 0 fully saturated rings. The van der Waals surface area contributed by atoms with Crippen molar-refractivity contribution in [3.63, 3.8) is 0 Å². The number of rotatable bonds is 6. The molecule has 28 heavy (non-hydrogen) atoms.